The highest BCUT2D eigenvalue weighted by Crippen LogP contribution is 2.32. The lowest BCUT2D eigenvalue weighted by Gasteiger charge is -2.04. The van der Waals surface area contributed by atoms with Crippen LogP contribution in [0.1, 0.15) is 31.0 Å². The van der Waals surface area contributed by atoms with Crippen molar-refractivity contribution in [3.63, 3.8) is 0 Å². The zero-order chi connectivity index (χ0) is 10.1. The Morgan fingerprint density at radius 2 is 2.14 bits per heavy atom. The Morgan fingerprint density at radius 1 is 1.36 bits per heavy atom. The van der Waals surface area contributed by atoms with Crippen molar-refractivity contribution in [3.8, 4) is 0 Å². The number of hydrogen-bond acceptors (Lipinski definition) is 2. The summed E-state index contributed by atoms with van der Waals surface area (Å²) in [5, 5.41) is 9.60. The molecule has 1 unspecified atom stereocenters. The van der Waals surface area contributed by atoms with Gasteiger partial charge in [-0.15, -0.1) is 0 Å². The number of aromatic nitrogens is 1. The largest absolute Gasteiger partial charge is 0.389 e. The fraction of sp³-hybridized carbons (Fsp3) is 0.417. The summed E-state index contributed by atoms with van der Waals surface area (Å²) in [7, 11) is 0. The van der Waals surface area contributed by atoms with Crippen LogP contribution in [0.15, 0.2) is 23.9 Å². The molecule has 0 fully saturated rings. The molecule has 0 spiro atoms. The minimum atomic E-state index is -0.256. The minimum absolute atomic E-state index is 0.256. The van der Waals surface area contributed by atoms with Crippen molar-refractivity contribution in [2.75, 3.05) is 0 Å². The number of rotatable bonds is 1. The Balaban J connectivity index is 2.36. The highest BCUT2D eigenvalue weighted by Gasteiger charge is 2.21. The van der Waals surface area contributed by atoms with Crippen LogP contribution in [0, 0.1) is 6.92 Å². The van der Waals surface area contributed by atoms with Crippen LogP contribution in [0.2, 0.25) is 0 Å². The first kappa shape index (κ1) is 9.41. The van der Waals surface area contributed by atoms with Crippen LogP contribution in [-0.2, 0) is 0 Å². The van der Waals surface area contributed by atoms with Crippen LogP contribution in [0.25, 0.3) is 5.57 Å². The second-order valence-electron chi connectivity index (χ2n) is 3.94. The van der Waals surface area contributed by atoms with Crippen molar-refractivity contribution in [3.05, 3.63) is 35.2 Å². The molecule has 74 valence electrons. The SMILES string of the molecule is CC1=C(c2ccc(C)cn2)CCC1O. The molecule has 2 heteroatoms. The average molecular weight is 189 g/mol. The van der Waals surface area contributed by atoms with E-state index in [9.17, 15) is 5.11 Å². The van der Waals surface area contributed by atoms with E-state index in [1.54, 1.807) is 0 Å². The molecular formula is C12H15NO. The fourth-order valence-electron chi connectivity index (χ4n) is 1.87. The predicted molar refractivity (Wildman–Crippen MR) is 56.8 cm³/mol. The van der Waals surface area contributed by atoms with E-state index in [0.29, 0.717) is 0 Å². The van der Waals surface area contributed by atoms with Crippen LogP contribution in [-0.4, -0.2) is 16.2 Å². The van der Waals surface area contributed by atoms with Gasteiger partial charge < -0.3 is 5.11 Å². The summed E-state index contributed by atoms with van der Waals surface area (Å²) < 4.78 is 0. The van der Waals surface area contributed by atoms with Crippen molar-refractivity contribution in [2.45, 2.75) is 32.8 Å². The lowest BCUT2D eigenvalue weighted by atomic mass is 10.1. The molecule has 0 amide bonds. The van der Waals surface area contributed by atoms with E-state index < -0.39 is 0 Å². The molecule has 0 saturated carbocycles. The number of aliphatic hydroxyl groups is 1. The van der Waals surface area contributed by atoms with Gasteiger partial charge in [0.25, 0.3) is 0 Å². The molecule has 1 aliphatic rings. The lowest BCUT2D eigenvalue weighted by Crippen LogP contribution is -2.01. The normalized spacial score (nSPS) is 21.8. The molecule has 2 rings (SSSR count). The van der Waals surface area contributed by atoms with E-state index in [1.807, 2.05) is 26.1 Å². The van der Waals surface area contributed by atoms with Crippen molar-refractivity contribution >= 4 is 5.57 Å². The second kappa shape index (κ2) is 3.54. The Hall–Kier alpha value is -1.15. The maximum Gasteiger partial charge on any atom is 0.0757 e. The predicted octanol–water partition coefficient (Wildman–Crippen LogP) is 2.32. The Morgan fingerprint density at radius 3 is 2.64 bits per heavy atom. The Bertz CT molecular complexity index is 364. The molecule has 0 radical (unpaired) electrons. The maximum absolute atomic E-state index is 9.60. The van der Waals surface area contributed by atoms with Gasteiger partial charge in [-0.3, -0.25) is 4.98 Å². The number of aryl methyl sites for hydroxylation is 1. The summed E-state index contributed by atoms with van der Waals surface area (Å²) in [6.45, 7) is 4.02. The standard InChI is InChI=1S/C12H15NO/c1-8-3-5-11(13-7-8)10-4-6-12(14)9(10)2/h3,5,7,12,14H,4,6H2,1-2H3. The van der Waals surface area contributed by atoms with Gasteiger partial charge in [0, 0.05) is 6.20 Å². The van der Waals surface area contributed by atoms with Gasteiger partial charge in [-0.25, -0.2) is 0 Å². The minimum Gasteiger partial charge on any atom is -0.389 e. The van der Waals surface area contributed by atoms with Crippen molar-refractivity contribution < 1.29 is 5.11 Å². The van der Waals surface area contributed by atoms with Gasteiger partial charge in [0.05, 0.1) is 11.8 Å². The van der Waals surface area contributed by atoms with Gasteiger partial charge in [0.1, 0.15) is 0 Å². The number of nitrogens with zero attached hydrogens (tertiary/aromatic N) is 1. The highest BCUT2D eigenvalue weighted by atomic mass is 16.3. The third-order valence-electron chi connectivity index (χ3n) is 2.86. The number of pyridine rings is 1. The van der Waals surface area contributed by atoms with Crippen LogP contribution < -0.4 is 0 Å². The summed E-state index contributed by atoms with van der Waals surface area (Å²) in [4.78, 5) is 4.38. The zero-order valence-electron chi connectivity index (χ0n) is 8.62. The molecule has 1 heterocycles. The Labute approximate surface area is 84.3 Å². The second-order valence-corrected chi connectivity index (χ2v) is 3.94. The molecule has 0 bridgehead atoms. The highest BCUT2D eigenvalue weighted by molar-refractivity contribution is 5.68. The van der Waals surface area contributed by atoms with Gasteiger partial charge in [-0.05, 0) is 49.5 Å². The molecule has 1 N–H and O–H groups in total. The first-order valence-corrected chi connectivity index (χ1v) is 4.99. The molecule has 0 saturated heterocycles. The summed E-state index contributed by atoms with van der Waals surface area (Å²) in [5.41, 5.74) is 4.49. The zero-order valence-corrected chi connectivity index (χ0v) is 8.62. The van der Waals surface area contributed by atoms with Crippen molar-refractivity contribution in [1.82, 2.24) is 4.98 Å². The van der Waals surface area contributed by atoms with E-state index >= 15 is 0 Å². The third-order valence-corrected chi connectivity index (χ3v) is 2.86. The Kier molecular flexibility index (Phi) is 2.38. The van der Waals surface area contributed by atoms with Crippen molar-refractivity contribution in [2.24, 2.45) is 0 Å². The van der Waals surface area contributed by atoms with Gasteiger partial charge in [0.15, 0.2) is 0 Å². The molecule has 0 aromatic carbocycles. The van der Waals surface area contributed by atoms with Crippen LogP contribution in [0.4, 0.5) is 0 Å². The van der Waals surface area contributed by atoms with E-state index in [0.717, 1.165) is 24.1 Å². The molecular weight excluding hydrogens is 174 g/mol. The van der Waals surface area contributed by atoms with Gasteiger partial charge in [0.2, 0.25) is 0 Å². The van der Waals surface area contributed by atoms with Crippen LogP contribution in [0.5, 0.6) is 0 Å². The maximum atomic E-state index is 9.60. The first-order chi connectivity index (χ1) is 6.68. The molecule has 1 aromatic rings. The van der Waals surface area contributed by atoms with E-state index in [2.05, 4.69) is 11.1 Å². The summed E-state index contributed by atoms with van der Waals surface area (Å²) in [6, 6.07) is 4.10. The van der Waals surface area contributed by atoms with Crippen LogP contribution >= 0.6 is 0 Å². The van der Waals surface area contributed by atoms with Gasteiger partial charge in [-0.1, -0.05) is 6.07 Å². The fourth-order valence-corrected chi connectivity index (χ4v) is 1.87. The number of hydrogen-bond donors (Lipinski definition) is 1. The summed E-state index contributed by atoms with van der Waals surface area (Å²) >= 11 is 0. The van der Waals surface area contributed by atoms with Crippen molar-refractivity contribution in [1.29, 1.82) is 0 Å². The molecule has 2 nitrogen and oxygen atoms in total. The van der Waals surface area contributed by atoms with E-state index in [-0.39, 0.29) is 6.10 Å². The number of aliphatic hydroxyl groups excluding tert-OH is 1. The topological polar surface area (TPSA) is 33.1 Å². The molecule has 1 aliphatic carbocycles. The molecule has 0 aliphatic heterocycles. The molecule has 14 heavy (non-hydrogen) atoms. The molecule has 1 aromatic heterocycles. The first-order valence-electron chi connectivity index (χ1n) is 4.99. The smallest absolute Gasteiger partial charge is 0.0757 e. The molecule has 1 atom stereocenters. The third kappa shape index (κ3) is 1.58. The number of allylic oxidation sites excluding steroid dienone is 1. The van der Waals surface area contributed by atoms with Crippen LogP contribution in [0.3, 0.4) is 0 Å². The van der Waals surface area contributed by atoms with Gasteiger partial charge >= 0.3 is 0 Å². The summed E-state index contributed by atoms with van der Waals surface area (Å²) in [5.74, 6) is 0. The average Bonchev–Trinajstić information content (AvgIpc) is 2.50. The monoisotopic (exact) mass is 189 g/mol. The van der Waals surface area contributed by atoms with E-state index in [1.165, 1.54) is 11.1 Å². The van der Waals surface area contributed by atoms with Gasteiger partial charge in [-0.2, -0.15) is 0 Å². The summed E-state index contributed by atoms with van der Waals surface area (Å²) in [6.07, 6.45) is 3.41. The van der Waals surface area contributed by atoms with E-state index in [4.69, 9.17) is 0 Å². The lowest BCUT2D eigenvalue weighted by molar-refractivity contribution is 0.212. The quantitative estimate of drug-likeness (QED) is 0.735.